The van der Waals surface area contributed by atoms with Crippen LogP contribution in [0.15, 0.2) is 115 Å². The molecule has 35 heavy (non-hydrogen) atoms. The second kappa shape index (κ2) is 10.2. The largest absolute Gasteiger partial charge is 0.340 e. The van der Waals surface area contributed by atoms with Crippen molar-refractivity contribution in [2.75, 3.05) is 0 Å². The second-order valence-corrected chi connectivity index (χ2v) is 8.86. The van der Waals surface area contributed by atoms with Crippen LogP contribution < -0.4 is 5.32 Å². The molecule has 0 aliphatic rings. The highest BCUT2D eigenvalue weighted by Crippen LogP contribution is 2.29. The van der Waals surface area contributed by atoms with Crippen molar-refractivity contribution in [2.45, 2.75) is 6.04 Å². The molecule has 0 unspecified atom stereocenters. The van der Waals surface area contributed by atoms with Crippen molar-refractivity contribution in [3.8, 4) is 16.9 Å². The van der Waals surface area contributed by atoms with E-state index in [1.165, 1.54) is 0 Å². The Morgan fingerprint density at radius 3 is 2.00 bits per heavy atom. The molecular formula is C29H21Cl2N3O. The Kier molecular flexibility index (Phi) is 6.66. The summed E-state index contributed by atoms with van der Waals surface area (Å²) in [6, 6.07) is 35.8. The van der Waals surface area contributed by atoms with Gasteiger partial charge in [-0.2, -0.15) is 5.10 Å². The molecule has 0 aliphatic carbocycles. The van der Waals surface area contributed by atoms with Crippen LogP contribution in [0.3, 0.4) is 0 Å². The Hall–Kier alpha value is -3.86. The second-order valence-electron chi connectivity index (χ2n) is 8.01. The third kappa shape index (κ3) is 4.99. The maximum atomic E-state index is 13.8. The van der Waals surface area contributed by atoms with Crippen molar-refractivity contribution in [2.24, 2.45) is 0 Å². The lowest BCUT2D eigenvalue weighted by Crippen LogP contribution is -2.31. The Morgan fingerprint density at radius 2 is 1.37 bits per heavy atom. The van der Waals surface area contributed by atoms with E-state index in [-0.39, 0.29) is 11.9 Å². The van der Waals surface area contributed by atoms with Crippen molar-refractivity contribution in [3.63, 3.8) is 0 Å². The lowest BCUT2D eigenvalue weighted by molar-refractivity contribution is 0.0935. The van der Waals surface area contributed by atoms with Gasteiger partial charge in [0.25, 0.3) is 5.91 Å². The minimum atomic E-state index is -0.337. The molecule has 0 saturated carbocycles. The lowest BCUT2D eigenvalue weighted by Gasteiger charge is -2.20. The molecule has 4 aromatic carbocycles. The fourth-order valence-corrected chi connectivity index (χ4v) is 4.42. The van der Waals surface area contributed by atoms with Crippen molar-refractivity contribution in [3.05, 3.63) is 142 Å². The molecule has 1 amide bonds. The summed E-state index contributed by atoms with van der Waals surface area (Å²) in [4.78, 5) is 13.8. The Balaban J connectivity index is 1.59. The van der Waals surface area contributed by atoms with Gasteiger partial charge in [-0.15, -0.1) is 0 Å². The van der Waals surface area contributed by atoms with Gasteiger partial charge in [-0.05, 0) is 41.5 Å². The smallest absolute Gasteiger partial charge is 0.270 e. The zero-order chi connectivity index (χ0) is 24.2. The van der Waals surface area contributed by atoms with E-state index in [9.17, 15) is 4.79 Å². The first-order chi connectivity index (χ1) is 17.1. The third-order valence-electron chi connectivity index (χ3n) is 5.69. The predicted octanol–water partition coefficient (Wildman–Crippen LogP) is 7.37. The van der Waals surface area contributed by atoms with Crippen molar-refractivity contribution >= 4 is 29.1 Å². The molecule has 1 aromatic heterocycles. The highest BCUT2D eigenvalue weighted by Gasteiger charge is 2.23. The van der Waals surface area contributed by atoms with E-state index in [4.69, 9.17) is 28.3 Å². The number of halogens is 2. The van der Waals surface area contributed by atoms with Crippen LogP contribution in [-0.4, -0.2) is 15.7 Å². The van der Waals surface area contributed by atoms with Crippen LogP contribution in [0.5, 0.6) is 0 Å². The first-order valence-corrected chi connectivity index (χ1v) is 11.9. The van der Waals surface area contributed by atoms with E-state index < -0.39 is 0 Å². The van der Waals surface area contributed by atoms with Crippen molar-refractivity contribution in [1.82, 2.24) is 15.1 Å². The number of hydrogen-bond acceptors (Lipinski definition) is 2. The summed E-state index contributed by atoms with van der Waals surface area (Å²) in [7, 11) is 0. The molecule has 0 atom stereocenters. The molecule has 0 radical (unpaired) electrons. The molecule has 0 spiro atoms. The molecular weight excluding hydrogens is 477 g/mol. The predicted molar refractivity (Wildman–Crippen MR) is 141 cm³/mol. The first kappa shape index (κ1) is 22.9. The Morgan fingerprint density at radius 1 is 0.743 bits per heavy atom. The quantitative estimate of drug-likeness (QED) is 0.266. The summed E-state index contributed by atoms with van der Waals surface area (Å²) in [5.41, 5.74) is 4.35. The van der Waals surface area contributed by atoms with E-state index in [1.54, 1.807) is 28.9 Å². The summed E-state index contributed by atoms with van der Waals surface area (Å²) < 4.78 is 1.60. The fraction of sp³-hybridized carbons (Fsp3) is 0.0345. The van der Waals surface area contributed by atoms with Gasteiger partial charge >= 0.3 is 0 Å². The number of hydrogen-bond donors (Lipinski definition) is 1. The first-order valence-electron chi connectivity index (χ1n) is 11.1. The van der Waals surface area contributed by atoms with Crippen LogP contribution >= 0.6 is 23.2 Å². The number of aromatic nitrogens is 2. The maximum Gasteiger partial charge on any atom is 0.270 e. The van der Waals surface area contributed by atoms with Gasteiger partial charge < -0.3 is 5.32 Å². The molecule has 5 rings (SSSR count). The molecule has 5 aromatic rings. The average Bonchev–Trinajstić information content (AvgIpc) is 3.34. The zero-order valence-electron chi connectivity index (χ0n) is 18.6. The zero-order valence-corrected chi connectivity index (χ0v) is 20.1. The van der Waals surface area contributed by atoms with Gasteiger partial charge in [0.1, 0.15) is 5.69 Å². The third-order valence-corrected chi connectivity index (χ3v) is 6.25. The lowest BCUT2D eigenvalue weighted by atomic mass is 9.98. The number of benzene rings is 4. The molecule has 172 valence electrons. The van der Waals surface area contributed by atoms with Gasteiger partial charge in [-0.3, -0.25) is 4.79 Å². The van der Waals surface area contributed by atoms with E-state index in [1.807, 2.05) is 91.0 Å². The van der Waals surface area contributed by atoms with Crippen LogP contribution in [0.1, 0.15) is 27.7 Å². The molecule has 4 nitrogen and oxygen atoms in total. The van der Waals surface area contributed by atoms with E-state index in [0.717, 1.165) is 16.7 Å². The van der Waals surface area contributed by atoms with Crippen LogP contribution in [-0.2, 0) is 0 Å². The van der Waals surface area contributed by atoms with Gasteiger partial charge in [-0.1, -0.05) is 108 Å². The van der Waals surface area contributed by atoms with E-state index >= 15 is 0 Å². The van der Waals surface area contributed by atoms with Gasteiger partial charge in [0, 0.05) is 10.6 Å². The summed E-state index contributed by atoms with van der Waals surface area (Å²) >= 11 is 12.7. The normalized spacial score (nSPS) is 10.9. The summed E-state index contributed by atoms with van der Waals surface area (Å²) in [6.45, 7) is 0. The number of carbonyl (C=O) groups is 1. The van der Waals surface area contributed by atoms with Crippen LogP contribution in [0, 0.1) is 0 Å². The van der Waals surface area contributed by atoms with Crippen molar-refractivity contribution < 1.29 is 4.79 Å². The van der Waals surface area contributed by atoms with Gasteiger partial charge in [0.15, 0.2) is 0 Å². The molecule has 6 heteroatoms. The van der Waals surface area contributed by atoms with Crippen molar-refractivity contribution in [1.29, 1.82) is 0 Å². The summed E-state index contributed by atoms with van der Waals surface area (Å²) in [5, 5.41) is 9.05. The van der Waals surface area contributed by atoms with Gasteiger partial charge in [-0.25, -0.2) is 4.68 Å². The van der Waals surface area contributed by atoms with Crippen LogP contribution in [0.4, 0.5) is 0 Å². The van der Waals surface area contributed by atoms with E-state index in [0.29, 0.717) is 27.1 Å². The highest BCUT2D eigenvalue weighted by molar-refractivity contribution is 6.33. The monoisotopic (exact) mass is 497 g/mol. The minimum absolute atomic E-state index is 0.270. The molecule has 0 saturated heterocycles. The molecule has 0 aliphatic heterocycles. The number of rotatable bonds is 6. The maximum absolute atomic E-state index is 13.8. The number of amides is 1. The Labute approximate surface area is 213 Å². The summed E-state index contributed by atoms with van der Waals surface area (Å²) in [5.74, 6) is -0.270. The molecule has 1 heterocycles. The van der Waals surface area contributed by atoms with Gasteiger partial charge in [0.05, 0.1) is 22.4 Å². The molecule has 0 bridgehead atoms. The number of nitrogens with one attached hydrogen (secondary N) is 1. The fourth-order valence-electron chi connectivity index (χ4n) is 4.00. The molecule has 1 N–H and O–H groups in total. The number of carbonyl (C=O) groups excluding carboxylic acids is 1. The SMILES string of the molecule is O=C(NC(c1ccccc1)c1ccccc1)c1cc(-c2ccccc2Cl)nn1-c1cccc(Cl)c1. The number of nitrogens with zero attached hydrogens (tertiary/aromatic N) is 2. The minimum Gasteiger partial charge on any atom is -0.340 e. The topological polar surface area (TPSA) is 46.9 Å². The van der Waals surface area contributed by atoms with Crippen LogP contribution in [0.2, 0.25) is 10.0 Å². The van der Waals surface area contributed by atoms with E-state index in [2.05, 4.69) is 5.32 Å². The standard InChI is InChI=1S/C29H21Cl2N3O/c30-22-14-9-15-23(18-22)34-27(19-26(33-34)24-16-7-8-17-25(24)31)29(35)32-28(20-10-3-1-4-11-20)21-12-5-2-6-13-21/h1-19,28H,(H,32,35). The van der Waals surface area contributed by atoms with Gasteiger partial charge in [0.2, 0.25) is 0 Å². The molecule has 0 fully saturated rings. The summed E-state index contributed by atoms with van der Waals surface area (Å²) in [6.07, 6.45) is 0. The highest BCUT2D eigenvalue weighted by atomic mass is 35.5. The van der Waals surface area contributed by atoms with Crippen LogP contribution in [0.25, 0.3) is 16.9 Å². The Bertz CT molecular complexity index is 1430. The average molecular weight is 498 g/mol.